The third-order valence-electron chi connectivity index (χ3n) is 4.99. The summed E-state index contributed by atoms with van der Waals surface area (Å²) >= 11 is 2.71. The second-order valence-electron chi connectivity index (χ2n) is 6.71. The molecule has 0 spiro atoms. The van der Waals surface area contributed by atoms with Gasteiger partial charge in [0.05, 0.1) is 0 Å². The number of carbonyl (C=O) groups excluding carboxylic acids is 2. The van der Waals surface area contributed by atoms with Gasteiger partial charge < -0.3 is 19.6 Å². The minimum atomic E-state index is -0.998. The van der Waals surface area contributed by atoms with Crippen LogP contribution in [0.4, 0.5) is 0 Å². The molecule has 7 nitrogen and oxygen atoms in total. The van der Waals surface area contributed by atoms with Crippen LogP contribution in [0.15, 0.2) is 35.9 Å². The zero-order valence-electron chi connectivity index (χ0n) is 17.2. The number of nitrogens with zero attached hydrogens (tertiary/aromatic N) is 2. The third-order valence-corrected chi connectivity index (χ3v) is 7.23. The number of likely N-dealkylation sites (N-methyl/N-ethyl adjacent to an activating group) is 2. The summed E-state index contributed by atoms with van der Waals surface area (Å²) in [6, 6.07) is 7.26. The minimum absolute atomic E-state index is 0.0884. The number of amides is 2. The minimum Gasteiger partial charge on any atom is -0.490 e. The number of hydrogen-bond donors (Lipinski definition) is 1. The molecule has 158 valence electrons. The summed E-state index contributed by atoms with van der Waals surface area (Å²) in [4.78, 5) is 38.8. The predicted molar refractivity (Wildman–Crippen MR) is 116 cm³/mol. The molecule has 1 heterocycles. The molecule has 0 aliphatic carbocycles. The van der Waals surface area contributed by atoms with E-state index in [1.807, 2.05) is 24.6 Å². The number of hydrogen-bond acceptors (Lipinski definition) is 6. The first-order valence-electron chi connectivity index (χ1n) is 8.92. The van der Waals surface area contributed by atoms with Crippen molar-refractivity contribution < 1.29 is 24.2 Å². The Morgan fingerprint density at radius 3 is 2.38 bits per heavy atom. The molecule has 2 atom stereocenters. The van der Waals surface area contributed by atoms with Crippen LogP contribution in [0.1, 0.15) is 12.5 Å². The van der Waals surface area contributed by atoms with Gasteiger partial charge in [0, 0.05) is 26.1 Å². The molecule has 1 N–H and O–H groups in total. The van der Waals surface area contributed by atoms with Crippen molar-refractivity contribution in [3.8, 4) is 5.75 Å². The lowest BCUT2D eigenvalue weighted by Gasteiger charge is -2.48. The normalized spacial score (nSPS) is 22.8. The van der Waals surface area contributed by atoms with Crippen LogP contribution in [0.2, 0.25) is 0 Å². The molecule has 1 aliphatic heterocycles. The van der Waals surface area contributed by atoms with Crippen LogP contribution >= 0.6 is 23.5 Å². The summed E-state index contributed by atoms with van der Waals surface area (Å²) in [6.07, 6.45) is 5.53. The van der Waals surface area contributed by atoms with E-state index in [0.717, 1.165) is 5.56 Å². The van der Waals surface area contributed by atoms with E-state index in [0.29, 0.717) is 12.2 Å². The summed E-state index contributed by atoms with van der Waals surface area (Å²) in [6.45, 7) is 1.66. The number of thioether (sulfide) groups is 2. The summed E-state index contributed by atoms with van der Waals surface area (Å²) < 4.78 is 5.54. The molecule has 1 saturated heterocycles. The molecule has 1 fully saturated rings. The highest BCUT2D eigenvalue weighted by molar-refractivity contribution is 8.01. The Morgan fingerprint density at radius 1 is 1.24 bits per heavy atom. The molecule has 0 saturated carbocycles. The van der Waals surface area contributed by atoms with Crippen molar-refractivity contribution in [1.82, 2.24) is 9.80 Å². The van der Waals surface area contributed by atoms with Gasteiger partial charge in [0.15, 0.2) is 10.2 Å². The van der Waals surface area contributed by atoms with Gasteiger partial charge in [-0.1, -0.05) is 12.1 Å². The van der Waals surface area contributed by atoms with E-state index in [2.05, 4.69) is 0 Å². The molecular formula is C20H26N2O5S2. The van der Waals surface area contributed by atoms with Gasteiger partial charge in [0.1, 0.15) is 12.4 Å². The summed E-state index contributed by atoms with van der Waals surface area (Å²) in [5, 5.41) is 8.34. The quantitative estimate of drug-likeness (QED) is 0.623. The van der Waals surface area contributed by atoms with Crippen molar-refractivity contribution >= 4 is 41.3 Å². The highest BCUT2D eigenvalue weighted by Crippen LogP contribution is 2.39. The zero-order valence-corrected chi connectivity index (χ0v) is 18.8. The van der Waals surface area contributed by atoms with Gasteiger partial charge in [0.2, 0.25) is 0 Å². The lowest BCUT2D eigenvalue weighted by molar-refractivity contribution is -0.156. The largest absolute Gasteiger partial charge is 0.490 e. The van der Waals surface area contributed by atoms with Crippen molar-refractivity contribution in [2.24, 2.45) is 0 Å². The molecule has 0 radical (unpaired) electrons. The maximum Gasteiger partial charge on any atom is 0.331 e. The van der Waals surface area contributed by atoms with E-state index < -0.39 is 16.2 Å². The van der Waals surface area contributed by atoms with Gasteiger partial charge in [0.25, 0.3) is 11.8 Å². The first-order chi connectivity index (χ1) is 13.7. The topological polar surface area (TPSA) is 87.1 Å². The number of benzene rings is 1. The second-order valence-corrected chi connectivity index (χ2v) is 8.72. The Morgan fingerprint density at radius 2 is 1.86 bits per heavy atom. The number of piperazine rings is 1. The van der Waals surface area contributed by atoms with Gasteiger partial charge in [-0.25, -0.2) is 4.79 Å². The Hall–Kier alpha value is -2.13. The van der Waals surface area contributed by atoms with E-state index in [9.17, 15) is 14.4 Å². The monoisotopic (exact) mass is 438 g/mol. The Labute approximate surface area is 179 Å². The summed E-state index contributed by atoms with van der Waals surface area (Å²) in [5.74, 6) is -0.563. The number of carbonyl (C=O) groups is 3. The van der Waals surface area contributed by atoms with E-state index in [4.69, 9.17) is 9.84 Å². The highest BCUT2D eigenvalue weighted by atomic mass is 32.2. The van der Waals surface area contributed by atoms with Crippen molar-refractivity contribution in [2.45, 2.75) is 23.6 Å². The fourth-order valence-corrected chi connectivity index (χ4v) is 4.88. The molecule has 1 aromatic rings. The maximum absolute atomic E-state index is 13.2. The molecule has 0 bridgehead atoms. The van der Waals surface area contributed by atoms with Crippen molar-refractivity contribution in [3.63, 3.8) is 0 Å². The molecule has 0 unspecified atom stereocenters. The predicted octanol–water partition coefficient (Wildman–Crippen LogP) is 2.32. The number of rotatable bonds is 8. The molecular weight excluding hydrogens is 412 g/mol. The third kappa shape index (κ3) is 4.72. The Kier molecular flexibility index (Phi) is 7.65. The average molecular weight is 439 g/mol. The van der Waals surface area contributed by atoms with Crippen molar-refractivity contribution in [1.29, 1.82) is 0 Å². The smallest absolute Gasteiger partial charge is 0.331 e. The standard InChI is InChI=1S/C20H26N2O5S2/c1-13(18(24)25)10-11-27-15-8-6-14(7-9-15)12-20(29-5)19(26)21(2)17(28-4)16(23)22(20)3/h6-10,17H,11-12H2,1-5H3,(H,24,25)/b13-10+/t17-,20-/m1/s1. The van der Waals surface area contributed by atoms with Gasteiger partial charge in [-0.3, -0.25) is 9.59 Å². The summed E-state index contributed by atoms with van der Waals surface area (Å²) in [5.41, 5.74) is 1.12. The number of carboxylic acids is 1. The van der Waals surface area contributed by atoms with Crippen LogP contribution in [0.25, 0.3) is 0 Å². The molecule has 2 amide bonds. The summed E-state index contributed by atoms with van der Waals surface area (Å²) in [7, 11) is 3.35. The zero-order chi connectivity index (χ0) is 21.8. The number of carboxylic acid groups (broad SMARTS) is 1. The molecule has 2 rings (SSSR count). The Bertz CT molecular complexity index is 812. The number of ether oxygens (including phenoxy) is 1. The van der Waals surface area contributed by atoms with Crippen LogP contribution in [-0.2, 0) is 20.8 Å². The van der Waals surface area contributed by atoms with Crippen LogP contribution in [0.3, 0.4) is 0 Å². The van der Waals surface area contributed by atoms with Gasteiger partial charge in [-0.2, -0.15) is 0 Å². The Balaban J connectivity index is 2.16. The van der Waals surface area contributed by atoms with Crippen LogP contribution < -0.4 is 4.74 Å². The first kappa shape index (κ1) is 23.2. The van der Waals surface area contributed by atoms with Crippen LogP contribution in [0.5, 0.6) is 5.75 Å². The van der Waals surface area contributed by atoms with E-state index in [-0.39, 0.29) is 24.0 Å². The molecule has 0 aromatic heterocycles. The number of aliphatic carboxylic acids is 1. The maximum atomic E-state index is 13.2. The van der Waals surface area contributed by atoms with Gasteiger partial charge in [-0.05, 0) is 43.2 Å². The van der Waals surface area contributed by atoms with Crippen molar-refractivity contribution in [2.75, 3.05) is 33.2 Å². The lowest BCUT2D eigenvalue weighted by atomic mass is 10.0. The van der Waals surface area contributed by atoms with Crippen LogP contribution in [-0.4, -0.2) is 76.1 Å². The van der Waals surface area contributed by atoms with Crippen molar-refractivity contribution in [3.05, 3.63) is 41.5 Å². The fraction of sp³-hybridized carbons (Fsp3) is 0.450. The second kappa shape index (κ2) is 9.58. The molecule has 1 aliphatic rings. The average Bonchev–Trinajstić information content (AvgIpc) is 2.71. The molecule has 9 heteroatoms. The molecule has 1 aromatic carbocycles. The molecule has 29 heavy (non-hydrogen) atoms. The van der Waals surface area contributed by atoms with Gasteiger partial charge >= 0.3 is 5.97 Å². The van der Waals surface area contributed by atoms with Gasteiger partial charge in [-0.15, -0.1) is 23.5 Å². The highest BCUT2D eigenvalue weighted by Gasteiger charge is 2.53. The fourth-order valence-electron chi connectivity index (χ4n) is 3.11. The van der Waals surface area contributed by atoms with Crippen LogP contribution in [0, 0.1) is 0 Å². The van der Waals surface area contributed by atoms with E-state index in [1.165, 1.54) is 41.4 Å². The SMILES string of the molecule is CS[C@@H]1C(=O)N(C)[C@](Cc2ccc(OC/C=C(\C)C(=O)O)cc2)(SC)C(=O)N1C. The van der Waals surface area contributed by atoms with E-state index >= 15 is 0 Å². The first-order valence-corrected chi connectivity index (χ1v) is 11.4. The van der Waals surface area contributed by atoms with E-state index in [1.54, 1.807) is 31.1 Å². The lowest BCUT2D eigenvalue weighted by Crippen LogP contribution is -2.68.